The molecule has 1 aromatic heterocycles. The van der Waals surface area contributed by atoms with Crippen LogP contribution in [-0.2, 0) is 6.54 Å². The molecule has 0 amide bonds. The lowest BCUT2D eigenvalue weighted by Gasteiger charge is -2.13. The molecule has 0 radical (unpaired) electrons. The number of thiophene rings is 1. The van der Waals surface area contributed by atoms with Crippen LogP contribution in [0.1, 0.15) is 29.0 Å². The van der Waals surface area contributed by atoms with Crippen LogP contribution in [0, 0.1) is 23.0 Å². The maximum atomic E-state index is 13.7. The van der Waals surface area contributed by atoms with E-state index in [4.69, 9.17) is 5.26 Å². The normalized spacial score (nSPS) is 12.1. The van der Waals surface area contributed by atoms with Crippen LogP contribution in [0.4, 0.5) is 8.78 Å². The van der Waals surface area contributed by atoms with Gasteiger partial charge in [-0.15, -0.1) is 11.3 Å². The Morgan fingerprint density at radius 3 is 2.58 bits per heavy atom. The van der Waals surface area contributed by atoms with Crippen LogP contribution in [0.3, 0.4) is 0 Å². The number of rotatable bonds is 4. The summed E-state index contributed by atoms with van der Waals surface area (Å²) in [6, 6.07) is 7.75. The molecule has 0 aliphatic heterocycles. The van der Waals surface area contributed by atoms with Crippen LogP contribution < -0.4 is 5.32 Å². The summed E-state index contributed by atoms with van der Waals surface area (Å²) in [6.07, 6.45) is 0. The molecular weight excluding hydrogens is 266 g/mol. The molecule has 5 heteroatoms. The molecule has 2 rings (SSSR count). The number of nitrogens with one attached hydrogen (secondary N) is 1. The van der Waals surface area contributed by atoms with Gasteiger partial charge in [0.1, 0.15) is 11.6 Å². The predicted octanol–water partition coefficient (Wildman–Crippen LogP) is 3.75. The monoisotopic (exact) mass is 278 g/mol. The lowest BCUT2D eigenvalue weighted by atomic mass is 10.1. The van der Waals surface area contributed by atoms with Gasteiger partial charge in [-0.1, -0.05) is 6.07 Å². The summed E-state index contributed by atoms with van der Waals surface area (Å²) in [5.74, 6) is -1.38. The van der Waals surface area contributed by atoms with Crippen LogP contribution in [-0.4, -0.2) is 0 Å². The van der Waals surface area contributed by atoms with Crippen molar-refractivity contribution in [3.63, 3.8) is 0 Å². The van der Waals surface area contributed by atoms with E-state index in [9.17, 15) is 8.78 Å². The van der Waals surface area contributed by atoms with Crippen LogP contribution in [0.2, 0.25) is 0 Å². The fraction of sp³-hybridized carbons (Fsp3) is 0.214. The second kappa shape index (κ2) is 5.91. The van der Waals surface area contributed by atoms with Gasteiger partial charge in [-0.2, -0.15) is 5.26 Å². The molecule has 0 unspecified atom stereocenters. The Labute approximate surface area is 114 Å². The van der Waals surface area contributed by atoms with Crippen molar-refractivity contribution in [1.29, 1.82) is 5.26 Å². The molecule has 98 valence electrons. The van der Waals surface area contributed by atoms with Gasteiger partial charge in [0.05, 0.1) is 11.6 Å². The average molecular weight is 278 g/mol. The van der Waals surface area contributed by atoms with E-state index in [1.807, 2.05) is 24.4 Å². The first-order valence-corrected chi connectivity index (χ1v) is 6.64. The third-order valence-electron chi connectivity index (χ3n) is 2.83. The molecule has 2 aromatic rings. The van der Waals surface area contributed by atoms with Gasteiger partial charge in [0.15, 0.2) is 0 Å². The molecule has 1 N–H and O–H groups in total. The summed E-state index contributed by atoms with van der Waals surface area (Å²) in [5, 5.41) is 13.6. The summed E-state index contributed by atoms with van der Waals surface area (Å²) < 4.78 is 27.3. The zero-order valence-corrected chi connectivity index (χ0v) is 11.1. The number of nitriles is 1. The quantitative estimate of drug-likeness (QED) is 0.924. The van der Waals surface area contributed by atoms with Gasteiger partial charge >= 0.3 is 0 Å². The largest absolute Gasteiger partial charge is 0.305 e. The zero-order chi connectivity index (χ0) is 13.8. The maximum Gasteiger partial charge on any atom is 0.131 e. The Balaban J connectivity index is 2.10. The first kappa shape index (κ1) is 13.7. The Morgan fingerprint density at radius 1 is 1.37 bits per heavy atom. The van der Waals surface area contributed by atoms with E-state index in [2.05, 4.69) is 5.32 Å². The van der Waals surface area contributed by atoms with Crippen LogP contribution in [0.5, 0.6) is 0 Å². The van der Waals surface area contributed by atoms with E-state index < -0.39 is 11.6 Å². The smallest absolute Gasteiger partial charge is 0.131 e. The molecule has 1 atom stereocenters. The van der Waals surface area contributed by atoms with Gasteiger partial charge in [-0.05, 0) is 30.5 Å². The summed E-state index contributed by atoms with van der Waals surface area (Å²) in [4.78, 5) is 1.11. The standard InChI is InChI=1S/C14H12F2N2S/c1-9(14-3-2-4-19-14)18-8-11-12(15)5-10(7-17)6-13(11)16/h2-6,9,18H,8H2,1H3/t9-/m1/s1. The second-order valence-electron chi connectivity index (χ2n) is 4.15. The topological polar surface area (TPSA) is 35.8 Å². The van der Waals surface area contributed by atoms with Gasteiger partial charge in [0, 0.05) is 23.0 Å². The van der Waals surface area contributed by atoms with Crippen LogP contribution >= 0.6 is 11.3 Å². The van der Waals surface area contributed by atoms with Gasteiger partial charge in [-0.3, -0.25) is 0 Å². The van der Waals surface area contributed by atoms with Crippen molar-refractivity contribution < 1.29 is 8.78 Å². The summed E-state index contributed by atoms with van der Waals surface area (Å²) in [5.41, 5.74) is -0.0486. The predicted molar refractivity (Wildman–Crippen MR) is 70.6 cm³/mol. The Hall–Kier alpha value is -1.77. The number of hydrogen-bond donors (Lipinski definition) is 1. The van der Waals surface area contributed by atoms with E-state index >= 15 is 0 Å². The maximum absolute atomic E-state index is 13.7. The minimum Gasteiger partial charge on any atom is -0.305 e. The van der Waals surface area contributed by atoms with Gasteiger partial charge in [-0.25, -0.2) is 8.78 Å². The van der Waals surface area contributed by atoms with Crippen molar-refractivity contribution in [2.45, 2.75) is 19.5 Å². The molecule has 1 aromatic carbocycles. The fourth-order valence-electron chi connectivity index (χ4n) is 1.73. The highest BCUT2D eigenvalue weighted by Crippen LogP contribution is 2.20. The molecule has 0 saturated carbocycles. The van der Waals surface area contributed by atoms with Crippen molar-refractivity contribution in [3.8, 4) is 6.07 Å². The number of benzene rings is 1. The zero-order valence-electron chi connectivity index (χ0n) is 10.3. The first-order valence-electron chi connectivity index (χ1n) is 5.76. The SMILES string of the molecule is C[C@@H](NCc1c(F)cc(C#N)cc1F)c1cccs1. The van der Waals surface area contributed by atoms with E-state index in [0.717, 1.165) is 17.0 Å². The molecule has 19 heavy (non-hydrogen) atoms. The van der Waals surface area contributed by atoms with E-state index in [1.165, 1.54) is 0 Å². The first-order chi connectivity index (χ1) is 9.11. The highest BCUT2D eigenvalue weighted by Gasteiger charge is 2.13. The van der Waals surface area contributed by atoms with Gasteiger partial charge in [0.25, 0.3) is 0 Å². The third-order valence-corrected chi connectivity index (χ3v) is 3.88. The lowest BCUT2D eigenvalue weighted by Crippen LogP contribution is -2.19. The molecule has 0 aliphatic rings. The molecule has 0 saturated heterocycles. The third kappa shape index (κ3) is 3.16. The molecule has 0 spiro atoms. The highest BCUT2D eigenvalue weighted by molar-refractivity contribution is 7.10. The summed E-state index contributed by atoms with van der Waals surface area (Å²) in [7, 11) is 0. The molecule has 2 nitrogen and oxygen atoms in total. The van der Waals surface area contributed by atoms with Gasteiger partial charge in [0.2, 0.25) is 0 Å². The highest BCUT2D eigenvalue weighted by atomic mass is 32.1. The fourth-order valence-corrected chi connectivity index (χ4v) is 2.49. The van der Waals surface area contributed by atoms with E-state index in [1.54, 1.807) is 17.4 Å². The van der Waals surface area contributed by atoms with E-state index in [-0.39, 0.29) is 23.7 Å². The number of nitrogens with zero attached hydrogens (tertiary/aromatic N) is 1. The minimum atomic E-state index is -0.692. The molecule has 0 bridgehead atoms. The van der Waals surface area contributed by atoms with Crippen molar-refractivity contribution in [2.75, 3.05) is 0 Å². The molecule has 0 fully saturated rings. The van der Waals surface area contributed by atoms with E-state index in [0.29, 0.717) is 0 Å². The Bertz CT molecular complexity index is 579. The van der Waals surface area contributed by atoms with Crippen molar-refractivity contribution in [3.05, 3.63) is 57.3 Å². The summed E-state index contributed by atoms with van der Waals surface area (Å²) >= 11 is 1.59. The lowest BCUT2D eigenvalue weighted by molar-refractivity contribution is 0.511. The number of halogens is 2. The van der Waals surface area contributed by atoms with Crippen molar-refractivity contribution in [2.24, 2.45) is 0 Å². The molecular formula is C14H12F2N2S. The summed E-state index contributed by atoms with van der Waals surface area (Å²) in [6.45, 7) is 2.02. The van der Waals surface area contributed by atoms with Crippen molar-refractivity contribution >= 4 is 11.3 Å². The van der Waals surface area contributed by atoms with Crippen LogP contribution in [0.15, 0.2) is 29.6 Å². The van der Waals surface area contributed by atoms with Crippen molar-refractivity contribution in [1.82, 2.24) is 5.32 Å². The molecule has 1 heterocycles. The minimum absolute atomic E-state index is 0.00921. The number of hydrogen-bond acceptors (Lipinski definition) is 3. The molecule has 0 aliphatic carbocycles. The van der Waals surface area contributed by atoms with Gasteiger partial charge < -0.3 is 5.32 Å². The van der Waals surface area contributed by atoms with Crippen LogP contribution in [0.25, 0.3) is 0 Å². The second-order valence-corrected chi connectivity index (χ2v) is 5.13. The average Bonchev–Trinajstić information content (AvgIpc) is 2.91. The Morgan fingerprint density at radius 2 is 2.05 bits per heavy atom. The Kier molecular flexibility index (Phi) is 4.25.